The van der Waals surface area contributed by atoms with Gasteiger partial charge in [0.05, 0.1) is 0 Å². The van der Waals surface area contributed by atoms with Gasteiger partial charge >= 0.3 is 19.8 Å². The predicted molar refractivity (Wildman–Crippen MR) is 45.4 cm³/mol. The molecule has 0 saturated carbocycles. The molecule has 2 aromatic rings. The van der Waals surface area contributed by atoms with Gasteiger partial charge in [0, 0.05) is 38.9 Å². The fourth-order valence-corrected chi connectivity index (χ4v) is 1.16. The molecular formula is C8H10Cl3N4Os. The molecule has 0 amide bonds. The monoisotopic (exact) mass is 459 g/mol. The molecule has 1 radical (unpaired) electrons. The van der Waals surface area contributed by atoms with Crippen LogP contribution in [0.15, 0.2) is 24.8 Å². The van der Waals surface area contributed by atoms with Gasteiger partial charge in [0.25, 0.3) is 0 Å². The zero-order chi connectivity index (χ0) is 8.55. The Labute approximate surface area is 126 Å². The topological polar surface area (TPSA) is 35.6 Å². The van der Waals surface area contributed by atoms with Crippen LogP contribution in [0.1, 0.15) is 0 Å². The smallest absolute Gasteiger partial charge is 1.00 e. The van der Waals surface area contributed by atoms with E-state index >= 15 is 0 Å². The Bertz CT molecular complexity index is 363. The van der Waals surface area contributed by atoms with Gasteiger partial charge in [-0.15, -0.1) is 0 Å². The third-order valence-electron chi connectivity index (χ3n) is 1.84. The summed E-state index contributed by atoms with van der Waals surface area (Å²) in [6.45, 7) is 0. The molecule has 0 aromatic carbocycles. The van der Waals surface area contributed by atoms with Crippen LogP contribution in [0.3, 0.4) is 0 Å². The van der Waals surface area contributed by atoms with Crippen LogP contribution in [0.5, 0.6) is 0 Å². The Balaban J connectivity index is -0.000000422. The molecule has 2 rings (SSSR count). The van der Waals surface area contributed by atoms with Gasteiger partial charge in [0.2, 0.25) is 0 Å². The van der Waals surface area contributed by atoms with E-state index in [-0.39, 0.29) is 57.0 Å². The summed E-state index contributed by atoms with van der Waals surface area (Å²) in [5.74, 6) is 1.78. The summed E-state index contributed by atoms with van der Waals surface area (Å²) in [5.41, 5.74) is 0. The number of aromatic nitrogens is 4. The molecule has 0 unspecified atom stereocenters. The van der Waals surface area contributed by atoms with Crippen molar-refractivity contribution in [2.24, 2.45) is 14.1 Å². The minimum atomic E-state index is 0. The van der Waals surface area contributed by atoms with E-state index in [9.17, 15) is 0 Å². The van der Waals surface area contributed by atoms with Gasteiger partial charge in [-0.1, -0.05) is 0 Å². The minimum Gasteiger partial charge on any atom is -1.00 e. The first kappa shape index (κ1) is 21.2. The molecule has 0 aliphatic heterocycles. The fourth-order valence-electron chi connectivity index (χ4n) is 1.16. The molecule has 2 aromatic heterocycles. The van der Waals surface area contributed by atoms with Gasteiger partial charge in [0.1, 0.15) is 0 Å². The normalized spacial score (nSPS) is 7.88. The second-order valence-corrected chi connectivity index (χ2v) is 2.72. The van der Waals surface area contributed by atoms with Crippen molar-refractivity contribution in [2.45, 2.75) is 0 Å². The van der Waals surface area contributed by atoms with Gasteiger partial charge < -0.3 is 46.4 Å². The molecule has 0 atom stereocenters. The van der Waals surface area contributed by atoms with E-state index in [0.717, 1.165) is 11.6 Å². The summed E-state index contributed by atoms with van der Waals surface area (Å²) in [6.07, 6.45) is 7.35. The second-order valence-electron chi connectivity index (χ2n) is 2.72. The molecule has 8 heteroatoms. The van der Waals surface area contributed by atoms with Crippen molar-refractivity contribution in [3.63, 3.8) is 0 Å². The number of aryl methyl sites for hydroxylation is 2. The average Bonchev–Trinajstić information content (AvgIpc) is 2.59. The first-order chi connectivity index (χ1) is 5.79. The first-order valence-electron chi connectivity index (χ1n) is 3.74. The predicted octanol–water partition coefficient (Wildman–Crippen LogP) is -8.17. The van der Waals surface area contributed by atoms with Crippen molar-refractivity contribution >= 4 is 0 Å². The van der Waals surface area contributed by atoms with Crippen molar-refractivity contribution in [3.05, 3.63) is 24.8 Å². The van der Waals surface area contributed by atoms with Crippen LogP contribution < -0.4 is 37.2 Å². The maximum absolute atomic E-state index is 4.20. The summed E-state index contributed by atoms with van der Waals surface area (Å²) in [5, 5.41) is 0. The van der Waals surface area contributed by atoms with Gasteiger partial charge in [-0.05, 0) is 0 Å². The first-order valence-corrected chi connectivity index (χ1v) is 3.74. The quantitative estimate of drug-likeness (QED) is 0.426. The molecule has 0 aliphatic rings. The van der Waals surface area contributed by atoms with Crippen molar-refractivity contribution in [1.29, 1.82) is 0 Å². The average molecular weight is 459 g/mol. The number of rotatable bonds is 1. The molecule has 0 bridgehead atoms. The van der Waals surface area contributed by atoms with Gasteiger partial charge in [-0.25, -0.2) is 9.97 Å². The zero-order valence-electron chi connectivity index (χ0n) is 8.59. The Morgan fingerprint density at radius 3 is 1.31 bits per heavy atom. The van der Waals surface area contributed by atoms with E-state index in [1.807, 2.05) is 35.6 Å². The number of imidazole rings is 2. The van der Waals surface area contributed by atoms with Crippen molar-refractivity contribution < 1.29 is 57.0 Å². The van der Waals surface area contributed by atoms with Gasteiger partial charge in [-0.2, -0.15) is 0 Å². The number of hydrogen-bond acceptors (Lipinski definition) is 2. The molecule has 0 saturated heterocycles. The van der Waals surface area contributed by atoms with Crippen LogP contribution in [0, 0.1) is 0 Å². The van der Waals surface area contributed by atoms with Crippen LogP contribution in [-0.4, -0.2) is 19.1 Å². The zero-order valence-corrected chi connectivity index (χ0v) is 13.4. The van der Waals surface area contributed by atoms with Gasteiger partial charge in [0.15, 0.2) is 11.6 Å². The molecule has 4 nitrogen and oxygen atoms in total. The van der Waals surface area contributed by atoms with E-state index in [1.54, 1.807) is 12.4 Å². The second kappa shape index (κ2) is 9.01. The van der Waals surface area contributed by atoms with Crippen molar-refractivity contribution in [2.75, 3.05) is 0 Å². The number of halogens is 3. The summed E-state index contributed by atoms with van der Waals surface area (Å²) < 4.78 is 3.89. The Hall–Kier alpha value is -0.0736. The molecular weight excluding hydrogens is 449 g/mol. The Morgan fingerprint density at radius 1 is 0.812 bits per heavy atom. The largest absolute Gasteiger partial charge is 3.00 e. The molecule has 0 aliphatic carbocycles. The third-order valence-corrected chi connectivity index (χ3v) is 1.84. The van der Waals surface area contributed by atoms with E-state index < -0.39 is 0 Å². The van der Waals surface area contributed by atoms with Crippen molar-refractivity contribution in [3.8, 4) is 11.6 Å². The molecule has 0 spiro atoms. The molecule has 0 N–H and O–H groups in total. The van der Waals surface area contributed by atoms with Crippen LogP contribution in [-0.2, 0) is 33.9 Å². The molecule has 16 heavy (non-hydrogen) atoms. The molecule has 2 heterocycles. The Kier molecular flexibility index (Phi) is 12.0. The van der Waals surface area contributed by atoms with Crippen LogP contribution >= 0.6 is 0 Å². The summed E-state index contributed by atoms with van der Waals surface area (Å²) in [7, 11) is 3.91. The van der Waals surface area contributed by atoms with E-state index in [4.69, 9.17) is 0 Å². The fraction of sp³-hybridized carbons (Fsp3) is 0.250. The Morgan fingerprint density at radius 2 is 1.12 bits per heavy atom. The van der Waals surface area contributed by atoms with Crippen LogP contribution in [0.4, 0.5) is 0 Å². The summed E-state index contributed by atoms with van der Waals surface area (Å²) >= 11 is 0. The number of hydrogen-bond donors (Lipinski definition) is 0. The van der Waals surface area contributed by atoms with E-state index in [2.05, 4.69) is 9.97 Å². The van der Waals surface area contributed by atoms with Gasteiger partial charge in [-0.3, -0.25) is 0 Å². The third kappa shape index (κ3) is 4.06. The summed E-state index contributed by atoms with van der Waals surface area (Å²) in [4.78, 5) is 8.40. The maximum atomic E-state index is 4.20. The summed E-state index contributed by atoms with van der Waals surface area (Å²) in [6, 6.07) is 0. The SMILES string of the molecule is Cn1ccnc1-c1nccn1C.[Cl-].[Cl-].[Cl-].[Os+3]. The standard InChI is InChI=1S/C8H10N4.3ClH.Os/c1-11-5-3-9-7(11)8-10-4-6-12(8)2;;;;/h3-6H,1-2H3;3*1H;/q;;;;+3/p-3. The molecule has 0 fully saturated rings. The van der Waals surface area contributed by atoms with Crippen LogP contribution in [0.25, 0.3) is 11.6 Å². The number of nitrogens with zero attached hydrogens (tertiary/aromatic N) is 4. The maximum Gasteiger partial charge on any atom is 3.00 e. The van der Waals surface area contributed by atoms with E-state index in [1.165, 1.54) is 0 Å². The minimum absolute atomic E-state index is 0. The van der Waals surface area contributed by atoms with E-state index in [0.29, 0.717) is 0 Å². The van der Waals surface area contributed by atoms with Crippen molar-refractivity contribution in [1.82, 2.24) is 19.1 Å². The molecule has 91 valence electrons. The van der Waals surface area contributed by atoms with Crippen LogP contribution in [0.2, 0.25) is 0 Å².